The Hall–Kier alpha value is -1.88. The molecule has 5 nitrogen and oxygen atoms in total. The van der Waals surface area contributed by atoms with Crippen LogP contribution in [0, 0.1) is 12.8 Å². The van der Waals surface area contributed by atoms with E-state index in [1.807, 2.05) is 39.0 Å². The van der Waals surface area contributed by atoms with Crippen LogP contribution < -0.4 is 16.4 Å². The molecule has 0 aliphatic heterocycles. The lowest BCUT2D eigenvalue weighted by Gasteiger charge is -2.20. The first-order chi connectivity index (χ1) is 9.95. The summed E-state index contributed by atoms with van der Waals surface area (Å²) < 4.78 is 0. The van der Waals surface area contributed by atoms with Crippen LogP contribution in [-0.2, 0) is 4.79 Å². The largest absolute Gasteiger partial charge is 0.353 e. The molecule has 1 aromatic carbocycles. The third-order valence-electron chi connectivity index (χ3n) is 3.16. The molecule has 0 radical (unpaired) electrons. The molecular formula is C16H25N3O2. The summed E-state index contributed by atoms with van der Waals surface area (Å²) >= 11 is 0. The summed E-state index contributed by atoms with van der Waals surface area (Å²) in [5.74, 6) is -0.103. The van der Waals surface area contributed by atoms with E-state index in [1.165, 1.54) is 0 Å². The zero-order valence-electron chi connectivity index (χ0n) is 13.0. The Kier molecular flexibility index (Phi) is 6.88. The number of rotatable bonds is 7. The van der Waals surface area contributed by atoms with Crippen molar-refractivity contribution in [3.63, 3.8) is 0 Å². The highest BCUT2D eigenvalue weighted by Crippen LogP contribution is 2.10. The van der Waals surface area contributed by atoms with Gasteiger partial charge in [0.1, 0.15) is 6.04 Å². The molecule has 0 saturated heterocycles. The Morgan fingerprint density at radius 1 is 1.24 bits per heavy atom. The van der Waals surface area contributed by atoms with Gasteiger partial charge in [0.25, 0.3) is 5.91 Å². The van der Waals surface area contributed by atoms with E-state index in [0.29, 0.717) is 31.0 Å². The first-order valence-corrected chi connectivity index (χ1v) is 7.30. The summed E-state index contributed by atoms with van der Waals surface area (Å²) in [5.41, 5.74) is 6.87. The third kappa shape index (κ3) is 5.55. The molecule has 1 unspecified atom stereocenters. The van der Waals surface area contributed by atoms with E-state index in [2.05, 4.69) is 10.6 Å². The van der Waals surface area contributed by atoms with E-state index in [1.54, 1.807) is 6.07 Å². The van der Waals surface area contributed by atoms with Gasteiger partial charge in [0.2, 0.25) is 5.91 Å². The summed E-state index contributed by atoms with van der Waals surface area (Å²) in [6.07, 6.45) is 0.591. The molecule has 1 rings (SSSR count). The van der Waals surface area contributed by atoms with Crippen LogP contribution in [-0.4, -0.2) is 30.9 Å². The number of carbonyl (C=O) groups is 2. The van der Waals surface area contributed by atoms with Crippen molar-refractivity contribution in [3.8, 4) is 0 Å². The third-order valence-corrected chi connectivity index (χ3v) is 3.16. The van der Waals surface area contributed by atoms with Crippen molar-refractivity contribution in [1.29, 1.82) is 0 Å². The van der Waals surface area contributed by atoms with Crippen molar-refractivity contribution in [2.45, 2.75) is 33.2 Å². The number of carbonyl (C=O) groups excluding carboxylic acids is 2. The molecule has 21 heavy (non-hydrogen) atoms. The smallest absolute Gasteiger partial charge is 0.252 e. The first-order valence-electron chi connectivity index (χ1n) is 7.30. The van der Waals surface area contributed by atoms with E-state index in [4.69, 9.17) is 5.73 Å². The van der Waals surface area contributed by atoms with Gasteiger partial charge in [-0.3, -0.25) is 9.59 Å². The molecular weight excluding hydrogens is 266 g/mol. The average molecular weight is 291 g/mol. The van der Waals surface area contributed by atoms with Gasteiger partial charge >= 0.3 is 0 Å². The van der Waals surface area contributed by atoms with Gasteiger partial charge in [0.05, 0.1) is 0 Å². The van der Waals surface area contributed by atoms with Gasteiger partial charge in [-0.25, -0.2) is 0 Å². The number of aryl methyl sites for hydroxylation is 1. The molecule has 2 amide bonds. The van der Waals surface area contributed by atoms with Gasteiger partial charge < -0.3 is 16.4 Å². The molecule has 0 saturated carbocycles. The summed E-state index contributed by atoms with van der Waals surface area (Å²) in [4.78, 5) is 24.4. The maximum Gasteiger partial charge on any atom is 0.252 e. The zero-order chi connectivity index (χ0) is 15.8. The Morgan fingerprint density at radius 3 is 2.48 bits per heavy atom. The normalized spacial score (nSPS) is 12.0. The standard InChI is InChI=1S/C16H25N3O2/c1-11(2)10-14(16(21)18-9-8-17)19-15(20)13-7-5-4-6-12(13)3/h4-7,11,14H,8-10,17H2,1-3H3,(H,18,21)(H,19,20). The highest BCUT2D eigenvalue weighted by Gasteiger charge is 2.22. The molecule has 116 valence electrons. The number of benzene rings is 1. The second-order valence-corrected chi connectivity index (χ2v) is 5.55. The first kappa shape index (κ1) is 17.2. The maximum atomic E-state index is 12.3. The SMILES string of the molecule is Cc1ccccc1C(=O)NC(CC(C)C)C(=O)NCCN. The van der Waals surface area contributed by atoms with Crippen LogP contribution in [0.1, 0.15) is 36.2 Å². The van der Waals surface area contributed by atoms with E-state index < -0.39 is 6.04 Å². The fourth-order valence-corrected chi connectivity index (χ4v) is 2.09. The second kappa shape index (κ2) is 8.42. The molecule has 0 bridgehead atoms. The number of amides is 2. The number of nitrogens with one attached hydrogen (secondary N) is 2. The lowest BCUT2D eigenvalue weighted by molar-refractivity contribution is -0.123. The number of hydrogen-bond donors (Lipinski definition) is 3. The van der Waals surface area contributed by atoms with Gasteiger partial charge in [0, 0.05) is 18.7 Å². The predicted molar refractivity (Wildman–Crippen MR) is 84.0 cm³/mol. The second-order valence-electron chi connectivity index (χ2n) is 5.55. The van der Waals surface area contributed by atoms with Gasteiger partial charge in [-0.15, -0.1) is 0 Å². The van der Waals surface area contributed by atoms with Gasteiger partial charge in [-0.05, 0) is 30.9 Å². The molecule has 1 aromatic rings. The topological polar surface area (TPSA) is 84.2 Å². The van der Waals surface area contributed by atoms with Crippen molar-refractivity contribution in [2.75, 3.05) is 13.1 Å². The molecule has 5 heteroatoms. The Morgan fingerprint density at radius 2 is 1.90 bits per heavy atom. The molecule has 0 fully saturated rings. The fraction of sp³-hybridized carbons (Fsp3) is 0.500. The molecule has 0 heterocycles. The van der Waals surface area contributed by atoms with Crippen LogP contribution in [0.4, 0.5) is 0 Å². The zero-order valence-corrected chi connectivity index (χ0v) is 13.0. The van der Waals surface area contributed by atoms with E-state index in [9.17, 15) is 9.59 Å². The van der Waals surface area contributed by atoms with Crippen molar-refractivity contribution >= 4 is 11.8 Å². The van der Waals surface area contributed by atoms with Crippen molar-refractivity contribution in [3.05, 3.63) is 35.4 Å². The van der Waals surface area contributed by atoms with Gasteiger partial charge in [0.15, 0.2) is 0 Å². The highest BCUT2D eigenvalue weighted by atomic mass is 16.2. The fourth-order valence-electron chi connectivity index (χ4n) is 2.09. The number of nitrogens with two attached hydrogens (primary N) is 1. The van der Waals surface area contributed by atoms with Crippen molar-refractivity contribution < 1.29 is 9.59 Å². The highest BCUT2D eigenvalue weighted by molar-refractivity contribution is 5.98. The molecule has 4 N–H and O–H groups in total. The molecule has 0 aliphatic carbocycles. The molecule has 0 aromatic heterocycles. The predicted octanol–water partition coefficient (Wildman–Crippen LogP) is 1.21. The number of hydrogen-bond acceptors (Lipinski definition) is 3. The lowest BCUT2D eigenvalue weighted by Crippen LogP contribution is -2.48. The quantitative estimate of drug-likeness (QED) is 0.706. The van der Waals surface area contributed by atoms with Crippen molar-refractivity contribution in [2.24, 2.45) is 11.7 Å². The monoisotopic (exact) mass is 291 g/mol. The molecule has 0 spiro atoms. The molecule has 1 atom stereocenters. The average Bonchev–Trinajstić information content (AvgIpc) is 2.43. The minimum atomic E-state index is -0.538. The van der Waals surface area contributed by atoms with E-state index in [0.717, 1.165) is 5.56 Å². The minimum Gasteiger partial charge on any atom is -0.353 e. The van der Waals surface area contributed by atoms with E-state index in [-0.39, 0.29) is 11.8 Å². The van der Waals surface area contributed by atoms with Crippen LogP contribution in [0.2, 0.25) is 0 Å². The van der Waals surface area contributed by atoms with Crippen LogP contribution >= 0.6 is 0 Å². The van der Waals surface area contributed by atoms with Gasteiger partial charge in [-0.2, -0.15) is 0 Å². The maximum absolute atomic E-state index is 12.3. The summed E-state index contributed by atoms with van der Waals surface area (Å²) in [7, 11) is 0. The summed E-state index contributed by atoms with van der Waals surface area (Å²) in [5, 5.41) is 5.55. The summed E-state index contributed by atoms with van der Waals surface area (Å²) in [6.45, 7) is 6.70. The van der Waals surface area contributed by atoms with Crippen LogP contribution in [0.25, 0.3) is 0 Å². The Balaban J connectivity index is 2.78. The van der Waals surface area contributed by atoms with Gasteiger partial charge in [-0.1, -0.05) is 32.0 Å². The Bertz CT molecular complexity index is 486. The minimum absolute atomic E-state index is 0.184. The van der Waals surface area contributed by atoms with Crippen LogP contribution in [0.5, 0.6) is 0 Å². The summed E-state index contributed by atoms with van der Waals surface area (Å²) in [6, 6.07) is 6.79. The van der Waals surface area contributed by atoms with Crippen LogP contribution in [0.15, 0.2) is 24.3 Å². The molecule has 0 aliphatic rings. The Labute approximate surface area is 126 Å². The lowest BCUT2D eigenvalue weighted by atomic mass is 10.0. The van der Waals surface area contributed by atoms with E-state index >= 15 is 0 Å². The van der Waals surface area contributed by atoms with Crippen molar-refractivity contribution in [1.82, 2.24) is 10.6 Å². The van der Waals surface area contributed by atoms with Crippen LogP contribution in [0.3, 0.4) is 0 Å².